The van der Waals surface area contributed by atoms with E-state index in [1.807, 2.05) is 0 Å². The summed E-state index contributed by atoms with van der Waals surface area (Å²) in [6.45, 7) is 0. The number of nitrogens with one attached hydrogen (secondary N) is 1. The fraction of sp³-hybridized carbons (Fsp3) is 0.0714. The largest absolute Gasteiger partial charge is 0.322 e. The SMILES string of the molecule is CS(=O)(=O)c1ccc(Cl)c(C(=O)Nc2cccc(F)c2)c1. The van der Waals surface area contributed by atoms with Crippen LogP contribution in [0.15, 0.2) is 47.4 Å². The summed E-state index contributed by atoms with van der Waals surface area (Å²) in [4.78, 5) is 12.1. The van der Waals surface area contributed by atoms with Crippen LogP contribution < -0.4 is 5.32 Å². The number of benzene rings is 2. The second-order valence-electron chi connectivity index (χ2n) is 4.38. The van der Waals surface area contributed by atoms with Crippen molar-refractivity contribution >= 4 is 33.0 Å². The predicted molar refractivity (Wildman–Crippen MR) is 78.9 cm³/mol. The van der Waals surface area contributed by atoms with Gasteiger partial charge in [0, 0.05) is 11.9 Å². The summed E-state index contributed by atoms with van der Waals surface area (Å²) in [6.07, 6.45) is 1.03. The van der Waals surface area contributed by atoms with E-state index >= 15 is 0 Å². The van der Waals surface area contributed by atoms with Crippen LogP contribution in [0.5, 0.6) is 0 Å². The van der Waals surface area contributed by atoms with Crippen LogP contribution in [0.2, 0.25) is 5.02 Å². The molecule has 0 aliphatic carbocycles. The van der Waals surface area contributed by atoms with E-state index in [9.17, 15) is 17.6 Å². The molecule has 110 valence electrons. The molecule has 1 amide bonds. The monoisotopic (exact) mass is 327 g/mol. The van der Waals surface area contributed by atoms with Gasteiger partial charge < -0.3 is 5.32 Å². The second-order valence-corrected chi connectivity index (χ2v) is 6.80. The Hall–Kier alpha value is -1.92. The lowest BCUT2D eigenvalue weighted by Crippen LogP contribution is -2.13. The van der Waals surface area contributed by atoms with Crippen molar-refractivity contribution in [3.63, 3.8) is 0 Å². The van der Waals surface area contributed by atoms with Crippen molar-refractivity contribution in [2.75, 3.05) is 11.6 Å². The zero-order valence-corrected chi connectivity index (χ0v) is 12.5. The highest BCUT2D eigenvalue weighted by Crippen LogP contribution is 2.22. The van der Waals surface area contributed by atoms with Gasteiger partial charge in [-0.2, -0.15) is 0 Å². The van der Waals surface area contributed by atoms with Crippen molar-refractivity contribution in [1.29, 1.82) is 0 Å². The van der Waals surface area contributed by atoms with Crippen LogP contribution in [0.1, 0.15) is 10.4 Å². The normalized spacial score (nSPS) is 11.2. The Kier molecular flexibility index (Phi) is 4.29. The molecule has 1 N–H and O–H groups in total. The molecular weight excluding hydrogens is 317 g/mol. The maximum Gasteiger partial charge on any atom is 0.257 e. The van der Waals surface area contributed by atoms with Gasteiger partial charge in [-0.05, 0) is 36.4 Å². The van der Waals surface area contributed by atoms with E-state index in [-0.39, 0.29) is 21.2 Å². The lowest BCUT2D eigenvalue weighted by Gasteiger charge is -2.08. The first kappa shape index (κ1) is 15.5. The molecule has 0 radical (unpaired) electrons. The van der Waals surface area contributed by atoms with Gasteiger partial charge in [0.15, 0.2) is 9.84 Å². The fourth-order valence-corrected chi connectivity index (χ4v) is 2.52. The van der Waals surface area contributed by atoms with Crippen molar-refractivity contribution in [3.8, 4) is 0 Å². The molecule has 2 aromatic carbocycles. The molecule has 4 nitrogen and oxygen atoms in total. The number of carbonyl (C=O) groups is 1. The summed E-state index contributed by atoms with van der Waals surface area (Å²) in [6, 6.07) is 9.18. The summed E-state index contributed by atoms with van der Waals surface area (Å²) >= 11 is 5.91. The smallest absolute Gasteiger partial charge is 0.257 e. The summed E-state index contributed by atoms with van der Waals surface area (Å²) in [5.74, 6) is -1.11. The number of rotatable bonds is 3. The van der Waals surface area contributed by atoms with Gasteiger partial charge in [0.25, 0.3) is 5.91 Å². The van der Waals surface area contributed by atoms with Crippen LogP contribution in [-0.2, 0) is 9.84 Å². The van der Waals surface area contributed by atoms with E-state index in [0.29, 0.717) is 0 Å². The Balaban J connectivity index is 2.35. The maximum absolute atomic E-state index is 13.1. The molecule has 0 atom stereocenters. The zero-order valence-electron chi connectivity index (χ0n) is 10.9. The van der Waals surface area contributed by atoms with Gasteiger partial charge in [-0.1, -0.05) is 17.7 Å². The van der Waals surface area contributed by atoms with E-state index < -0.39 is 21.6 Å². The third-order valence-corrected chi connectivity index (χ3v) is 4.13. The Morgan fingerprint density at radius 1 is 1.19 bits per heavy atom. The first-order valence-corrected chi connectivity index (χ1v) is 8.11. The third kappa shape index (κ3) is 3.80. The van der Waals surface area contributed by atoms with E-state index in [0.717, 1.165) is 12.3 Å². The molecule has 0 fully saturated rings. The molecule has 2 aromatic rings. The van der Waals surface area contributed by atoms with Crippen molar-refractivity contribution in [3.05, 3.63) is 58.9 Å². The number of carbonyl (C=O) groups excluding carboxylic acids is 1. The lowest BCUT2D eigenvalue weighted by molar-refractivity contribution is 0.102. The Labute approximate surface area is 126 Å². The minimum absolute atomic E-state index is 0.00357. The van der Waals surface area contributed by atoms with E-state index in [1.165, 1.54) is 36.4 Å². The molecule has 0 spiro atoms. The summed E-state index contributed by atoms with van der Waals surface area (Å²) in [5, 5.41) is 2.57. The van der Waals surface area contributed by atoms with Gasteiger partial charge in [-0.15, -0.1) is 0 Å². The number of sulfone groups is 1. The third-order valence-electron chi connectivity index (χ3n) is 2.69. The van der Waals surface area contributed by atoms with Crippen LogP contribution in [-0.4, -0.2) is 20.6 Å². The van der Waals surface area contributed by atoms with Crippen LogP contribution >= 0.6 is 11.6 Å². The number of halogens is 2. The molecule has 0 aliphatic heterocycles. The van der Waals surface area contributed by atoms with Crippen molar-refractivity contribution in [1.82, 2.24) is 0 Å². The van der Waals surface area contributed by atoms with Gasteiger partial charge in [-0.3, -0.25) is 4.79 Å². The van der Waals surface area contributed by atoms with Crippen LogP contribution in [0.3, 0.4) is 0 Å². The molecule has 0 heterocycles. The van der Waals surface area contributed by atoms with E-state index in [4.69, 9.17) is 11.6 Å². The highest BCUT2D eigenvalue weighted by atomic mass is 35.5. The Morgan fingerprint density at radius 2 is 1.90 bits per heavy atom. The van der Waals surface area contributed by atoms with Gasteiger partial charge in [0.1, 0.15) is 5.82 Å². The standard InChI is InChI=1S/C14H11ClFNO3S/c1-21(19,20)11-5-6-13(15)12(8-11)14(18)17-10-4-2-3-9(16)7-10/h2-8H,1H3,(H,17,18). The maximum atomic E-state index is 13.1. The summed E-state index contributed by atoms with van der Waals surface area (Å²) in [7, 11) is -3.45. The average Bonchev–Trinajstić information content (AvgIpc) is 2.37. The molecule has 0 unspecified atom stereocenters. The van der Waals surface area contributed by atoms with Crippen molar-refractivity contribution in [2.24, 2.45) is 0 Å². The molecule has 0 aromatic heterocycles. The number of hydrogen-bond donors (Lipinski definition) is 1. The van der Waals surface area contributed by atoms with Crippen LogP contribution in [0.4, 0.5) is 10.1 Å². The average molecular weight is 328 g/mol. The minimum atomic E-state index is -3.45. The molecule has 0 saturated heterocycles. The molecule has 0 bridgehead atoms. The van der Waals surface area contributed by atoms with Gasteiger partial charge in [-0.25, -0.2) is 12.8 Å². The minimum Gasteiger partial charge on any atom is -0.322 e. The molecule has 2 rings (SSSR count). The topological polar surface area (TPSA) is 63.2 Å². The van der Waals surface area contributed by atoms with E-state index in [2.05, 4.69) is 5.32 Å². The Bertz CT molecular complexity index is 806. The fourth-order valence-electron chi connectivity index (χ4n) is 1.67. The van der Waals surface area contributed by atoms with Crippen LogP contribution in [0.25, 0.3) is 0 Å². The molecular formula is C14H11ClFNO3S. The van der Waals surface area contributed by atoms with Gasteiger partial charge in [0.2, 0.25) is 0 Å². The first-order chi connectivity index (χ1) is 9.77. The molecule has 7 heteroatoms. The predicted octanol–water partition coefficient (Wildman–Crippen LogP) is 3.13. The Morgan fingerprint density at radius 3 is 2.52 bits per heavy atom. The highest BCUT2D eigenvalue weighted by molar-refractivity contribution is 7.90. The molecule has 0 aliphatic rings. The second kappa shape index (κ2) is 5.83. The van der Waals surface area contributed by atoms with Crippen molar-refractivity contribution in [2.45, 2.75) is 4.90 Å². The van der Waals surface area contributed by atoms with Gasteiger partial charge >= 0.3 is 0 Å². The number of anilines is 1. The zero-order chi connectivity index (χ0) is 15.6. The van der Waals surface area contributed by atoms with Gasteiger partial charge in [0.05, 0.1) is 15.5 Å². The van der Waals surface area contributed by atoms with E-state index in [1.54, 1.807) is 0 Å². The van der Waals surface area contributed by atoms with Crippen molar-refractivity contribution < 1.29 is 17.6 Å². The number of amides is 1. The number of hydrogen-bond acceptors (Lipinski definition) is 3. The van der Waals surface area contributed by atoms with Crippen LogP contribution in [0, 0.1) is 5.82 Å². The lowest BCUT2D eigenvalue weighted by atomic mass is 10.2. The molecule has 0 saturated carbocycles. The summed E-state index contributed by atoms with van der Waals surface area (Å²) < 4.78 is 36.1. The first-order valence-electron chi connectivity index (χ1n) is 5.84. The summed E-state index contributed by atoms with van der Waals surface area (Å²) in [5.41, 5.74) is 0.254. The highest BCUT2D eigenvalue weighted by Gasteiger charge is 2.15. The quantitative estimate of drug-likeness (QED) is 0.942. The molecule has 21 heavy (non-hydrogen) atoms.